The van der Waals surface area contributed by atoms with E-state index in [0.29, 0.717) is 20.8 Å². The zero-order valence-corrected chi connectivity index (χ0v) is 17.3. The summed E-state index contributed by atoms with van der Waals surface area (Å²) in [6.07, 6.45) is 0.240. The molecule has 2 aromatic rings. The third-order valence-electron chi connectivity index (χ3n) is 5.40. The lowest BCUT2D eigenvalue weighted by atomic mass is 10.1. The number of hydrogen-bond acceptors (Lipinski definition) is 3. The van der Waals surface area contributed by atoms with E-state index in [9.17, 15) is 9.59 Å². The van der Waals surface area contributed by atoms with Crippen molar-refractivity contribution >= 4 is 58.0 Å². The van der Waals surface area contributed by atoms with Gasteiger partial charge in [-0.3, -0.25) is 9.59 Å². The molecule has 0 unspecified atom stereocenters. The quantitative estimate of drug-likeness (QED) is 0.748. The molecule has 0 saturated carbocycles. The van der Waals surface area contributed by atoms with Crippen LogP contribution in [0.5, 0.6) is 0 Å². The zero-order chi connectivity index (χ0) is 19.8. The van der Waals surface area contributed by atoms with Crippen LogP contribution in [-0.2, 0) is 9.59 Å². The summed E-state index contributed by atoms with van der Waals surface area (Å²) in [4.78, 5) is 30.1. The number of anilines is 2. The molecule has 0 aromatic heterocycles. The van der Waals surface area contributed by atoms with Crippen molar-refractivity contribution in [2.24, 2.45) is 0 Å². The third kappa shape index (κ3) is 3.72. The summed E-state index contributed by atoms with van der Waals surface area (Å²) in [5.41, 5.74) is 1.60. The Kier molecular flexibility index (Phi) is 5.52. The van der Waals surface area contributed by atoms with Gasteiger partial charge in [-0.25, -0.2) is 4.90 Å². The molecule has 8 heteroatoms. The second kappa shape index (κ2) is 7.91. The summed E-state index contributed by atoms with van der Waals surface area (Å²) in [5, 5.41) is 1.64. The van der Waals surface area contributed by atoms with E-state index < -0.39 is 0 Å². The van der Waals surface area contributed by atoms with Gasteiger partial charge in [0.05, 0.1) is 48.3 Å². The van der Waals surface area contributed by atoms with E-state index in [0.717, 1.165) is 36.8 Å². The SMILES string of the molecule is O=C1C[C@H]([NH+]2CCN(c3ccc(Cl)c(Cl)c3)CC2)C(=O)N1c1ccc(Cl)cc1. The van der Waals surface area contributed by atoms with Crippen LogP contribution in [0, 0.1) is 0 Å². The molecule has 146 valence electrons. The molecule has 2 aliphatic heterocycles. The summed E-state index contributed by atoms with van der Waals surface area (Å²) >= 11 is 18.0. The van der Waals surface area contributed by atoms with Gasteiger partial charge in [0.1, 0.15) is 0 Å². The van der Waals surface area contributed by atoms with Crippen molar-refractivity contribution in [3.05, 3.63) is 57.5 Å². The fourth-order valence-corrected chi connectivity index (χ4v) is 4.31. The fourth-order valence-electron chi connectivity index (χ4n) is 3.89. The number of carbonyl (C=O) groups excluding carboxylic acids is 2. The average Bonchev–Trinajstić information content (AvgIpc) is 2.99. The molecule has 0 aliphatic carbocycles. The summed E-state index contributed by atoms with van der Waals surface area (Å²) in [5.74, 6) is -0.290. The second-order valence-corrected chi connectivity index (χ2v) is 8.30. The lowest BCUT2D eigenvalue weighted by Gasteiger charge is -2.35. The second-order valence-electron chi connectivity index (χ2n) is 7.04. The molecule has 28 heavy (non-hydrogen) atoms. The number of carbonyl (C=O) groups is 2. The molecular formula is C20H19Cl3N3O2+. The summed E-state index contributed by atoms with van der Waals surface area (Å²) in [6.45, 7) is 3.12. The minimum absolute atomic E-state index is 0.134. The number of benzene rings is 2. The molecule has 2 saturated heterocycles. The van der Waals surface area contributed by atoms with Crippen LogP contribution in [-0.4, -0.2) is 44.0 Å². The minimum atomic E-state index is -0.334. The first-order valence-electron chi connectivity index (χ1n) is 9.11. The highest BCUT2D eigenvalue weighted by atomic mass is 35.5. The molecule has 0 radical (unpaired) electrons. The molecule has 0 spiro atoms. The molecule has 0 bridgehead atoms. The number of quaternary nitrogens is 1. The lowest BCUT2D eigenvalue weighted by molar-refractivity contribution is -0.915. The first kappa shape index (κ1) is 19.5. The number of rotatable bonds is 3. The van der Waals surface area contributed by atoms with E-state index in [1.54, 1.807) is 30.3 Å². The van der Waals surface area contributed by atoms with Gasteiger partial charge in [0.15, 0.2) is 6.04 Å². The van der Waals surface area contributed by atoms with Crippen molar-refractivity contribution in [3.63, 3.8) is 0 Å². The molecule has 2 heterocycles. The molecule has 1 N–H and O–H groups in total. The van der Waals surface area contributed by atoms with Crippen LogP contribution >= 0.6 is 34.8 Å². The Bertz CT molecular complexity index is 911. The first-order chi connectivity index (χ1) is 13.4. The number of piperazine rings is 1. The Morgan fingerprint density at radius 2 is 1.50 bits per heavy atom. The van der Waals surface area contributed by atoms with Crippen molar-refractivity contribution in [3.8, 4) is 0 Å². The maximum atomic E-state index is 12.9. The van der Waals surface area contributed by atoms with Gasteiger partial charge < -0.3 is 9.80 Å². The number of hydrogen-bond donors (Lipinski definition) is 1. The third-order valence-corrected chi connectivity index (χ3v) is 6.39. The first-order valence-corrected chi connectivity index (χ1v) is 10.2. The Hall–Kier alpha value is -1.79. The number of nitrogens with zero attached hydrogens (tertiary/aromatic N) is 2. The fraction of sp³-hybridized carbons (Fsp3) is 0.300. The predicted octanol–water partition coefficient (Wildman–Crippen LogP) is 2.68. The number of imide groups is 1. The molecule has 2 aliphatic rings. The topological polar surface area (TPSA) is 45.1 Å². The van der Waals surface area contributed by atoms with Crippen molar-refractivity contribution in [2.75, 3.05) is 36.0 Å². The maximum absolute atomic E-state index is 12.9. The van der Waals surface area contributed by atoms with Crippen LogP contribution in [0.1, 0.15) is 6.42 Å². The molecule has 2 fully saturated rings. The van der Waals surface area contributed by atoms with E-state index in [2.05, 4.69) is 4.90 Å². The molecule has 5 nitrogen and oxygen atoms in total. The Morgan fingerprint density at radius 3 is 2.14 bits per heavy atom. The minimum Gasteiger partial charge on any atom is -0.360 e. The summed E-state index contributed by atoms with van der Waals surface area (Å²) in [6, 6.07) is 12.1. The van der Waals surface area contributed by atoms with E-state index in [4.69, 9.17) is 34.8 Å². The van der Waals surface area contributed by atoms with E-state index >= 15 is 0 Å². The monoisotopic (exact) mass is 438 g/mol. The van der Waals surface area contributed by atoms with Gasteiger partial charge in [-0.15, -0.1) is 0 Å². The number of nitrogens with one attached hydrogen (secondary N) is 1. The van der Waals surface area contributed by atoms with Crippen LogP contribution in [0.25, 0.3) is 0 Å². The van der Waals surface area contributed by atoms with Gasteiger partial charge in [-0.2, -0.15) is 0 Å². The van der Waals surface area contributed by atoms with E-state index in [1.165, 1.54) is 4.90 Å². The van der Waals surface area contributed by atoms with Crippen molar-refractivity contribution < 1.29 is 14.5 Å². The highest BCUT2D eigenvalue weighted by Gasteiger charge is 2.46. The van der Waals surface area contributed by atoms with Gasteiger partial charge in [0.2, 0.25) is 5.91 Å². The summed E-state index contributed by atoms with van der Waals surface area (Å²) < 4.78 is 0. The van der Waals surface area contributed by atoms with Gasteiger partial charge in [0, 0.05) is 10.7 Å². The highest BCUT2D eigenvalue weighted by molar-refractivity contribution is 6.42. The summed E-state index contributed by atoms with van der Waals surface area (Å²) in [7, 11) is 0. The predicted molar refractivity (Wildman–Crippen MR) is 112 cm³/mol. The zero-order valence-electron chi connectivity index (χ0n) is 15.0. The maximum Gasteiger partial charge on any atom is 0.292 e. The molecule has 2 amide bonds. The average molecular weight is 440 g/mol. The van der Waals surface area contributed by atoms with Crippen LogP contribution in [0.2, 0.25) is 15.1 Å². The van der Waals surface area contributed by atoms with Crippen molar-refractivity contribution in [2.45, 2.75) is 12.5 Å². The van der Waals surface area contributed by atoms with Gasteiger partial charge in [0.25, 0.3) is 5.91 Å². The molecule has 4 rings (SSSR count). The number of amides is 2. The van der Waals surface area contributed by atoms with Crippen LogP contribution in [0.3, 0.4) is 0 Å². The van der Waals surface area contributed by atoms with Gasteiger partial charge in [-0.05, 0) is 42.5 Å². The Morgan fingerprint density at radius 1 is 0.857 bits per heavy atom. The highest BCUT2D eigenvalue weighted by Crippen LogP contribution is 2.27. The van der Waals surface area contributed by atoms with Crippen LogP contribution in [0.4, 0.5) is 11.4 Å². The van der Waals surface area contributed by atoms with E-state index in [1.807, 2.05) is 12.1 Å². The Labute approximate surface area is 178 Å². The Balaban J connectivity index is 1.43. The van der Waals surface area contributed by atoms with E-state index in [-0.39, 0.29) is 24.3 Å². The molecule has 2 aromatic carbocycles. The molecule has 1 atom stereocenters. The van der Waals surface area contributed by atoms with Crippen LogP contribution in [0.15, 0.2) is 42.5 Å². The standard InChI is InChI=1S/C20H18Cl3N3O2/c21-13-1-3-14(4-2-13)26-19(27)12-18(20(26)28)25-9-7-24(8-10-25)15-5-6-16(22)17(23)11-15/h1-6,11,18H,7-10,12H2/p+1/t18-/m0/s1. The molecular weight excluding hydrogens is 421 g/mol. The number of halogens is 3. The van der Waals surface area contributed by atoms with Crippen molar-refractivity contribution in [1.29, 1.82) is 0 Å². The van der Waals surface area contributed by atoms with Gasteiger partial charge >= 0.3 is 0 Å². The smallest absolute Gasteiger partial charge is 0.292 e. The lowest BCUT2D eigenvalue weighted by Crippen LogP contribution is -3.19. The van der Waals surface area contributed by atoms with Crippen molar-refractivity contribution in [1.82, 2.24) is 0 Å². The van der Waals surface area contributed by atoms with Crippen LogP contribution < -0.4 is 14.7 Å². The largest absolute Gasteiger partial charge is 0.360 e. The normalized spacial score (nSPS) is 20.9. The van der Waals surface area contributed by atoms with Gasteiger partial charge in [-0.1, -0.05) is 34.8 Å².